The van der Waals surface area contributed by atoms with Gasteiger partial charge in [0.25, 0.3) is 0 Å². The van der Waals surface area contributed by atoms with Crippen LogP contribution in [0.1, 0.15) is 36.5 Å². The summed E-state index contributed by atoms with van der Waals surface area (Å²) in [6.07, 6.45) is 1.02. The van der Waals surface area contributed by atoms with Crippen LogP contribution in [0.3, 0.4) is 0 Å². The van der Waals surface area contributed by atoms with Gasteiger partial charge in [-0.3, -0.25) is 9.59 Å². The van der Waals surface area contributed by atoms with Gasteiger partial charge in [0.05, 0.1) is 0 Å². The molecule has 80 valence electrons. The van der Waals surface area contributed by atoms with Gasteiger partial charge < -0.3 is 5.11 Å². The number of carbonyl (C=O) groups is 2. The first kappa shape index (κ1) is 11.4. The molecule has 15 heavy (non-hydrogen) atoms. The van der Waals surface area contributed by atoms with Crippen molar-refractivity contribution in [1.82, 2.24) is 0 Å². The molecule has 0 fully saturated rings. The zero-order valence-electron chi connectivity index (χ0n) is 8.69. The van der Waals surface area contributed by atoms with Crippen molar-refractivity contribution < 1.29 is 14.7 Å². The molecule has 0 radical (unpaired) electrons. The average molecular weight is 206 g/mol. The Kier molecular flexibility index (Phi) is 4.03. The van der Waals surface area contributed by atoms with Crippen molar-refractivity contribution in [3.05, 3.63) is 29.8 Å². The predicted molar refractivity (Wildman–Crippen MR) is 57.0 cm³/mol. The summed E-state index contributed by atoms with van der Waals surface area (Å²) in [5.41, 5.74) is 0.539. The third kappa shape index (κ3) is 3.54. The van der Waals surface area contributed by atoms with Gasteiger partial charge in [-0.05, 0) is 24.3 Å². The Balaban J connectivity index is 2.54. The second-order valence-electron chi connectivity index (χ2n) is 3.36. The van der Waals surface area contributed by atoms with Gasteiger partial charge in [0, 0.05) is 24.8 Å². The summed E-state index contributed by atoms with van der Waals surface area (Å²) in [6, 6.07) is 6.06. The number of rotatable bonds is 5. The molecule has 3 nitrogen and oxygen atoms in total. The molecule has 0 amide bonds. The van der Waals surface area contributed by atoms with E-state index in [1.54, 1.807) is 19.1 Å². The van der Waals surface area contributed by atoms with Crippen molar-refractivity contribution in [3.63, 3.8) is 0 Å². The van der Waals surface area contributed by atoms with Crippen molar-refractivity contribution >= 4 is 11.6 Å². The molecule has 0 bridgehead atoms. The summed E-state index contributed by atoms with van der Waals surface area (Å²) in [5, 5.41) is 9.03. The minimum absolute atomic E-state index is 0.0585. The maximum Gasteiger partial charge on any atom is 0.163 e. The smallest absolute Gasteiger partial charge is 0.163 e. The zero-order valence-corrected chi connectivity index (χ0v) is 8.69. The molecule has 0 saturated heterocycles. The SMILES string of the molecule is CCC(=O)CCC(=O)c1ccc(O)cc1. The molecule has 3 heteroatoms. The molecular weight excluding hydrogens is 192 g/mol. The lowest BCUT2D eigenvalue weighted by Crippen LogP contribution is -2.03. The molecule has 0 aliphatic carbocycles. The minimum atomic E-state index is -0.0585. The number of Topliss-reactive ketones (excluding diaryl/α,β-unsaturated/α-hetero) is 2. The fraction of sp³-hybridized carbons (Fsp3) is 0.333. The molecule has 0 atom stereocenters. The first-order valence-corrected chi connectivity index (χ1v) is 4.97. The molecule has 1 rings (SSSR count). The highest BCUT2D eigenvalue weighted by Gasteiger charge is 2.07. The molecule has 0 spiro atoms. The van der Waals surface area contributed by atoms with Gasteiger partial charge in [-0.2, -0.15) is 0 Å². The standard InChI is InChI=1S/C12H14O3/c1-2-10(13)7-8-12(15)9-3-5-11(14)6-4-9/h3-6,14H,2,7-8H2,1H3. The number of hydrogen-bond donors (Lipinski definition) is 1. The van der Waals surface area contributed by atoms with Crippen LogP contribution >= 0.6 is 0 Å². The van der Waals surface area contributed by atoms with Crippen LogP contribution in [-0.2, 0) is 4.79 Å². The highest BCUT2D eigenvalue weighted by Crippen LogP contribution is 2.12. The number of phenolic OH excluding ortho intramolecular Hbond substituents is 1. The second-order valence-corrected chi connectivity index (χ2v) is 3.36. The quantitative estimate of drug-likeness (QED) is 0.752. The zero-order chi connectivity index (χ0) is 11.3. The number of ketones is 2. The number of phenols is 1. The van der Waals surface area contributed by atoms with Gasteiger partial charge in [-0.1, -0.05) is 6.92 Å². The van der Waals surface area contributed by atoms with E-state index >= 15 is 0 Å². The Morgan fingerprint density at radius 2 is 1.73 bits per heavy atom. The molecule has 0 unspecified atom stereocenters. The lowest BCUT2D eigenvalue weighted by molar-refractivity contribution is -0.118. The van der Waals surface area contributed by atoms with Gasteiger partial charge in [-0.25, -0.2) is 0 Å². The number of carbonyl (C=O) groups excluding carboxylic acids is 2. The van der Waals surface area contributed by atoms with Crippen LogP contribution in [0.15, 0.2) is 24.3 Å². The van der Waals surface area contributed by atoms with Gasteiger partial charge in [-0.15, -0.1) is 0 Å². The van der Waals surface area contributed by atoms with E-state index in [1.807, 2.05) is 0 Å². The first-order chi connectivity index (χ1) is 7.13. The lowest BCUT2D eigenvalue weighted by Gasteiger charge is -2.00. The summed E-state index contributed by atoms with van der Waals surface area (Å²) >= 11 is 0. The van der Waals surface area contributed by atoms with E-state index in [-0.39, 0.29) is 23.7 Å². The second kappa shape index (κ2) is 5.29. The molecule has 1 aromatic carbocycles. The molecule has 0 heterocycles. The van der Waals surface area contributed by atoms with E-state index in [2.05, 4.69) is 0 Å². The van der Waals surface area contributed by atoms with Crippen LogP contribution in [0.25, 0.3) is 0 Å². The van der Waals surface area contributed by atoms with Crippen LogP contribution in [-0.4, -0.2) is 16.7 Å². The highest BCUT2D eigenvalue weighted by atomic mass is 16.3. The summed E-state index contributed by atoms with van der Waals surface area (Å²) < 4.78 is 0. The predicted octanol–water partition coefficient (Wildman–Crippen LogP) is 2.33. The largest absolute Gasteiger partial charge is 0.508 e. The fourth-order valence-electron chi connectivity index (χ4n) is 1.22. The lowest BCUT2D eigenvalue weighted by atomic mass is 10.0. The monoisotopic (exact) mass is 206 g/mol. The Bertz CT molecular complexity index is 352. The van der Waals surface area contributed by atoms with Crippen LogP contribution in [0.4, 0.5) is 0 Å². The molecule has 0 aliphatic rings. The van der Waals surface area contributed by atoms with Crippen molar-refractivity contribution in [2.45, 2.75) is 26.2 Å². The van der Waals surface area contributed by atoms with Crippen LogP contribution in [0, 0.1) is 0 Å². The number of benzene rings is 1. The van der Waals surface area contributed by atoms with Crippen molar-refractivity contribution in [3.8, 4) is 5.75 Å². The summed E-state index contributed by atoms with van der Waals surface area (Å²) in [5.74, 6) is 0.176. The number of aromatic hydroxyl groups is 1. The van der Waals surface area contributed by atoms with Gasteiger partial charge in [0.2, 0.25) is 0 Å². The van der Waals surface area contributed by atoms with E-state index in [0.29, 0.717) is 18.4 Å². The van der Waals surface area contributed by atoms with Gasteiger partial charge >= 0.3 is 0 Å². The Labute approximate surface area is 88.7 Å². The maximum absolute atomic E-state index is 11.5. The summed E-state index contributed by atoms with van der Waals surface area (Å²) in [6.45, 7) is 1.79. The average Bonchev–Trinajstić information content (AvgIpc) is 2.26. The third-order valence-electron chi connectivity index (χ3n) is 2.21. The normalized spacial score (nSPS) is 9.93. The van der Waals surface area contributed by atoms with Crippen LogP contribution in [0.2, 0.25) is 0 Å². The highest BCUT2D eigenvalue weighted by molar-refractivity contribution is 5.98. The van der Waals surface area contributed by atoms with Crippen molar-refractivity contribution in [2.24, 2.45) is 0 Å². The van der Waals surface area contributed by atoms with E-state index in [4.69, 9.17) is 5.11 Å². The topological polar surface area (TPSA) is 54.4 Å². The van der Waals surface area contributed by atoms with Crippen molar-refractivity contribution in [1.29, 1.82) is 0 Å². The van der Waals surface area contributed by atoms with E-state index < -0.39 is 0 Å². The van der Waals surface area contributed by atoms with E-state index in [0.717, 1.165) is 0 Å². The molecule has 1 aromatic rings. The third-order valence-corrected chi connectivity index (χ3v) is 2.21. The van der Waals surface area contributed by atoms with Gasteiger partial charge in [0.1, 0.15) is 11.5 Å². The van der Waals surface area contributed by atoms with Crippen LogP contribution < -0.4 is 0 Å². The fourth-order valence-corrected chi connectivity index (χ4v) is 1.22. The molecule has 0 aromatic heterocycles. The Hall–Kier alpha value is -1.64. The van der Waals surface area contributed by atoms with E-state index in [9.17, 15) is 9.59 Å². The molecule has 1 N–H and O–H groups in total. The summed E-state index contributed by atoms with van der Waals surface area (Å²) in [4.78, 5) is 22.6. The van der Waals surface area contributed by atoms with Gasteiger partial charge in [0.15, 0.2) is 5.78 Å². The Morgan fingerprint density at radius 1 is 1.13 bits per heavy atom. The molecule has 0 aliphatic heterocycles. The minimum Gasteiger partial charge on any atom is -0.508 e. The summed E-state index contributed by atoms with van der Waals surface area (Å²) in [7, 11) is 0. The molecule has 0 saturated carbocycles. The first-order valence-electron chi connectivity index (χ1n) is 4.97. The maximum atomic E-state index is 11.5. The molecular formula is C12H14O3. The Morgan fingerprint density at radius 3 is 2.27 bits per heavy atom. The van der Waals surface area contributed by atoms with Crippen LogP contribution in [0.5, 0.6) is 5.75 Å². The number of hydrogen-bond acceptors (Lipinski definition) is 3. The van der Waals surface area contributed by atoms with Crippen molar-refractivity contribution in [2.75, 3.05) is 0 Å². The van der Waals surface area contributed by atoms with E-state index in [1.165, 1.54) is 12.1 Å².